The van der Waals surface area contributed by atoms with Crippen LogP contribution in [0.25, 0.3) is 0 Å². The molecule has 0 radical (unpaired) electrons. The number of aryl methyl sites for hydroxylation is 1. The van der Waals surface area contributed by atoms with Gasteiger partial charge < -0.3 is 9.64 Å². The van der Waals surface area contributed by atoms with Gasteiger partial charge in [0.2, 0.25) is 0 Å². The van der Waals surface area contributed by atoms with E-state index in [0.717, 1.165) is 36.1 Å². The molecule has 5 nitrogen and oxygen atoms in total. The number of rotatable bonds is 6. The first-order valence-corrected chi connectivity index (χ1v) is 9.68. The second-order valence-corrected chi connectivity index (χ2v) is 7.20. The number of benzene rings is 1. The monoisotopic (exact) mass is 386 g/mol. The molecule has 0 aliphatic heterocycles. The molecule has 140 valence electrons. The van der Waals surface area contributed by atoms with Gasteiger partial charge in [0, 0.05) is 16.8 Å². The minimum Gasteiger partial charge on any atom is -0.452 e. The largest absolute Gasteiger partial charge is 0.452 e. The molecule has 0 unspecified atom stereocenters. The number of ether oxygens (including phenoxy) is 1. The number of para-hydroxylation sites is 1. The van der Waals surface area contributed by atoms with Gasteiger partial charge in [-0.05, 0) is 43.4 Å². The molecule has 1 aromatic carbocycles. The fourth-order valence-electron chi connectivity index (χ4n) is 3.16. The van der Waals surface area contributed by atoms with Gasteiger partial charge in [0.05, 0.1) is 23.7 Å². The number of nitriles is 1. The average Bonchev–Trinajstić information content (AvgIpc) is 3.12. The van der Waals surface area contributed by atoms with Crippen molar-refractivity contribution in [1.29, 1.82) is 5.26 Å². The molecule has 1 aromatic heterocycles. The van der Waals surface area contributed by atoms with Crippen molar-refractivity contribution in [1.82, 2.24) is 0 Å². The first-order valence-electron chi connectivity index (χ1n) is 8.80. The van der Waals surface area contributed by atoms with Crippen LogP contribution in [-0.4, -0.2) is 25.0 Å². The van der Waals surface area contributed by atoms with Crippen LogP contribution in [-0.2, 0) is 22.4 Å². The minimum absolute atomic E-state index is 0.0294. The molecular weight excluding hydrogens is 367 g/mol. The standard InChI is InChI=1S/C20H19FN2O3S/c21-16-7-2-3-8-17(16)23(11-5-10-22)19(24)12-26-20(25)15-13-27-18-9-4-1-6-14(15)18/h2-3,7-8,13H,1,4-6,9,11-12H2. The van der Waals surface area contributed by atoms with Gasteiger partial charge in [-0.3, -0.25) is 4.79 Å². The average molecular weight is 386 g/mol. The van der Waals surface area contributed by atoms with Crippen molar-refractivity contribution >= 4 is 28.9 Å². The number of hydrogen-bond acceptors (Lipinski definition) is 5. The molecule has 2 aromatic rings. The summed E-state index contributed by atoms with van der Waals surface area (Å²) in [6.45, 7) is -0.467. The topological polar surface area (TPSA) is 70.4 Å². The van der Waals surface area contributed by atoms with Crippen molar-refractivity contribution in [3.05, 3.63) is 51.5 Å². The zero-order chi connectivity index (χ0) is 19.2. The second-order valence-electron chi connectivity index (χ2n) is 6.24. The highest BCUT2D eigenvalue weighted by atomic mass is 32.1. The van der Waals surface area contributed by atoms with Crippen LogP contribution in [0.3, 0.4) is 0 Å². The van der Waals surface area contributed by atoms with E-state index in [0.29, 0.717) is 5.56 Å². The van der Waals surface area contributed by atoms with Crippen molar-refractivity contribution in [2.75, 3.05) is 18.1 Å². The highest BCUT2D eigenvalue weighted by Gasteiger charge is 2.24. The number of amides is 1. The van der Waals surface area contributed by atoms with Gasteiger partial charge in [-0.15, -0.1) is 11.3 Å². The van der Waals surface area contributed by atoms with Crippen molar-refractivity contribution in [2.24, 2.45) is 0 Å². The van der Waals surface area contributed by atoms with Crippen LogP contribution in [0.2, 0.25) is 0 Å². The Balaban J connectivity index is 1.69. The number of hydrogen-bond donors (Lipinski definition) is 0. The van der Waals surface area contributed by atoms with Gasteiger partial charge in [-0.2, -0.15) is 5.26 Å². The first kappa shape index (κ1) is 19.1. The molecule has 0 fully saturated rings. The molecule has 27 heavy (non-hydrogen) atoms. The van der Waals surface area contributed by atoms with Crippen LogP contribution in [0.5, 0.6) is 0 Å². The molecule has 0 saturated heterocycles. The molecule has 1 aliphatic rings. The number of thiophene rings is 1. The minimum atomic E-state index is -0.568. The first-order chi connectivity index (χ1) is 13.1. The maximum atomic E-state index is 14.1. The number of carbonyl (C=O) groups is 2. The Kier molecular flexibility index (Phi) is 6.20. The van der Waals surface area contributed by atoms with E-state index in [1.165, 1.54) is 23.1 Å². The quantitative estimate of drug-likeness (QED) is 0.707. The lowest BCUT2D eigenvalue weighted by molar-refractivity contribution is -0.121. The molecule has 0 bridgehead atoms. The van der Waals surface area contributed by atoms with Crippen LogP contribution in [0.4, 0.5) is 10.1 Å². The van der Waals surface area contributed by atoms with E-state index >= 15 is 0 Å². The Bertz CT molecular complexity index is 888. The van der Waals surface area contributed by atoms with Crippen molar-refractivity contribution in [3.63, 3.8) is 0 Å². The van der Waals surface area contributed by atoms with E-state index in [4.69, 9.17) is 10.00 Å². The van der Waals surface area contributed by atoms with Crippen molar-refractivity contribution < 1.29 is 18.7 Å². The Hall–Kier alpha value is -2.72. The summed E-state index contributed by atoms with van der Waals surface area (Å²) in [4.78, 5) is 27.3. The lowest BCUT2D eigenvalue weighted by atomic mass is 9.96. The molecule has 0 saturated carbocycles. The van der Waals surface area contributed by atoms with Gasteiger partial charge in [-0.25, -0.2) is 9.18 Å². The molecule has 0 spiro atoms. The van der Waals surface area contributed by atoms with Crippen LogP contribution in [0.1, 0.15) is 40.1 Å². The van der Waals surface area contributed by atoms with E-state index in [9.17, 15) is 14.0 Å². The predicted molar refractivity (Wildman–Crippen MR) is 100 cm³/mol. The Morgan fingerprint density at radius 3 is 2.81 bits per heavy atom. The van der Waals surface area contributed by atoms with Crippen LogP contribution in [0.15, 0.2) is 29.6 Å². The predicted octanol–water partition coefficient (Wildman–Crippen LogP) is 3.87. The van der Waals surface area contributed by atoms with E-state index in [1.54, 1.807) is 22.8 Å². The van der Waals surface area contributed by atoms with Crippen LogP contribution < -0.4 is 4.90 Å². The maximum Gasteiger partial charge on any atom is 0.339 e. The second kappa shape index (κ2) is 8.78. The molecule has 1 heterocycles. The Labute approximate surface area is 161 Å². The SMILES string of the molecule is N#CCCN(C(=O)COC(=O)c1csc2c1CCCC2)c1ccccc1F. The summed E-state index contributed by atoms with van der Waals surface area (Å²) in [5.74, 6) is -1.66. The zero-order valence-electron chi connectivity index (χ0n) is 14.7. The third kappa shape index (κ3) is 4.34. The number of halogens is 1. The molecule has 0 N–H and O–H groups in total. The normalized spacial score (nSPS) is 12.7. The fraction of sp³-hybridized carbons (Fsp3) is 0.350. The molecule has 1 aliphatic carbocycles. The summed E-state index contributed by atoms with van der Waals surface area (Å²) in [7, 11) is 0. The summed E-state index contributed by atoms with van der Waals surface area (Å²) in [6, 6.07) is 7.77. The summed E-state index contributed by atoms with van der Waals surface area (Å²) >= 11 is 1.55. The van der Waals surface area contributed by atoms with Gasteiger partial charge in [0.25, 0.3) is 5.91 Å². The smallest absolute Gasteiger partial charge is 0.339 e. The van der Waals surface area contributed by atoms with Crippen molar-refractivity contribution in [2.45, 2.75) is 32.1 Å². The van der Waals surface area contributed by atoms with Crippen LogP contribution >= 0.6 is 11.3 Å². The molecule has 0 atom stereocenters. The summed E-state index contributed by atoms with van der Waals surface area (Å²) < 4.78 is 19.3. The van der Waals surface area contributed by atoms with E-state index < -0.39 is 24.3 Å². The number of anilines is 1. The number of fused-ring (bicyclic) bond motifs is 1. The summed E-state index contributed by atoms with van der Waals surface area (Å²) in [5.41, 5.74) is 1.62. The highest BCUT2D eigenvalue weighted by molar-refractivity contribution is 7.10. The van der Waals surface area contributed by atoms with E-state index in [2.05, 4.69) is 0 Å². The summed E-state index contributed by atoms with van der Waals surface area (Å²) in [6.07, 6.45) is 4.03. The van der Waals surface area contributed by atoms with Gasteiger partial charge >= 0.3 is 5.97 Å². The highest BCUT2D eigenvalue weighted by Crippen LogP contribution is 2.30. The molecule has 3 rings (SSSR count). The Morgan fingerprint density at radius 1 is 1.26 bits per heavy atom. The number of carbonyl (C=O) groups excluding carboxylic acids is 2. The number of esters is 1. The molecule has 1 amide bonds. The van der Waals surface area contributed by atoms with Gasteiger partial charge in [0.1, 0.15) is 5.82 Å². The lowest BCUT2D eigenvalue weighted by Crippen LogP contribution is -2.36. The van der Waals surface area contributed by atoms with Crippen LogP contribution in [0, 0.1) is 17.1 Å². The lowest BCUT2D eigenvalue weighted by Gasteiger charge is -2.22. The number of nitrogens with zero attached hydrogens (tertiary/aromatic N) is 2. The third-order valence-electron chi connectivity index (χ3n) is 4.50. The molecule has 7 heteroatoms. The van der Waals surface area contributed by atoms with E-state index in [1.807, 2.05) is 6.07 Å². The third-order valence-corrected chi connectivity index (χ3v) is 5.59. The zero-order valence-corrected chi connectivity index (χ0v) is 15.6. The van der Waals surface area contributed by atoms with Gasteiger partial charge in [-0.1, -0.05) is 12.1 Å². The maximum absolute atomic E-state index is 14.1. The molecular formula is C20H19FN2O3S. The van der Waals surface area contributed by atoms with E-state index in [-0.39, 0.29) is 18.7 Å². The Morgan fingerprint density at radius 2 is 2.04 bits per heavy atom. The fourth-order valence-corrected chi connectivity index (χ4v) is 4.28. The van der Waals surface area contributed by atoms with Crippen molar-refractivity contribution in [3.8, 4) is 6.07 Å². The summed E-state index contributed by atoms with van der Waals surface area (Å²) in [5, 5.41) is 10.6. The van der Waals surface area contributed by atoms with Gasteiger partial charge in [0.15, 0.2) is 6.61 Å².